The first-order valence-corrected chi connectivity index (χ1v) is 9.94. The van der Waals surface area contributed by atoms with E-state index in [1.165, 1.54) is 28.8 Å². The lowest BCUT2D eigenvalue weighted by molar-refractivity contribution is -0.121. The zero-order valence-electron chi connectivity index (χ0n) is 17.5. The fraction of sp³-hybridized carbons (Fsp3) is 0.381. The maximum absolute atomic E-state index is 12.9. The van der Waals surface area contributed by atoms with Gasteiger partial charge >= 0.3 is 11.7 Å². The summed E-state index contributed by atoms with van der Waals surface area (Å²) in [7, 11) is 0. The molecule has 2 aromatic rings. The quantitative estimate of drug-likeness (QED) is 0.574. The largest absolute Gasteiger partial charge is 0.452 e. The Labute approximate surface area is 178 Å². The number of benzene rings is 1. The highest BCUT2D eigenvalue weighted by molar-refractivity contribution is 5.98. The van der Waals surface area contributed by atoms with Crippen molar-refractivity contribution in [1.29, 1.82) is 5.26 Å². The van der Waals surface area contributed by atoms with Gasteiger partial charge in [-0.3, -0.25) is 19.1 Å². The summed E-state index contributed by atoms with van der Waals surface area (Å²) >= 11 is 0. The minimum Gasteiger partial charge on any atom is -0.452 e. The molecule has 31 heavy (non-hydrogen) atoms. The van der Waals surface area contributed by atoms with Gasteiger partial charge in [0.2, 0.25) is 0 Å². The van der Waals surface area contributed by atoms with Gasteiger partial charge in [0.1, 0.15) is 5.82 Å². The number of aromatic nitrogens is 2. The van der Waals surface area contributed by atoms with Crippen molar-refractivity contribution < 1.29 is 14.3 Å². The highest BCUT2D eigenvalue weighted by atomic mass is 16.5. The van der Waals surface area contributed by atoms with Crippen LogP contribution in [0.4, 0.5) is 11.5 Å². The van der Waals surface area contributed by atoms with Crippen LogP contribution in [0.2, 0.25) is 0 Å². The number of unbranched alkanes of at least 4 members (excludes halogenated alkanes) is 1. The van der Waals surface area contributed by atoms with E-state index in [1.54, 1.807) is 0 Å². The predicted molar refractivity (Wildman–Crippen MR) is 115 cm³/mol. The molecular formula is C21H25N5O5. The summed E-state index contributed by atoms with van der Waals surface area (Å²) in [4.78, 5) is 52.9. The molecule has 0 unspecified atom stereocenters. The van der Waals surface area contributed by atoms with Gasteiger partial charge in [-0.15, -0.1) is 0 Å². The van der Waals surface area contributed by atoms with Gasteiger partial charge in [0.15, 0.2) is 12.3 Å². The number of esters is 1. The Morgan fingerprint density at radius 1 is 1.19 bits per heavy atom. The van der Waals surface area contributed by atoms with Crippen LogP contribution in [0.15, 0.2) is 33.9 Å². The minimum absolute atomic E-state index is 0.113. The van der Waals surface area contributed by atoms with Crippen molar-refractivity contribution in [1.82, 2.24) is 9.55 Å². The van der Waals surface area contributed by atoms with Crippen molar-refractivity contribution >= 4 is 23.4 Å². The third-order valence-corrected chi connectivity index (χ3v) is 4.54. The van der Waals surface area contributed by atoms with Crippen LogP contribution < -0.4 is 21.9 Å². The van der Waals surface area contributed by atoms with Crippen molar-refractivity contribution in [3.05, 3.63) is 56.2 Å². The molecule has 0 aliphatic carbocycles. The lowest BCUT2D eigenvalue weighted by atomic mass is 10.1. The molecule has 10 heteroatoms. The van der Waals surface area contributed by atoms with Crippen LogP contribution in [0.25, 0.3) is 0 Å². The topological polar surface area (TPSA) is 151 Å². The van der Waals surface area contributed by atoms with E-state index in [9.17, 15) is 19.2 Å². The van der Waals surface area contributed by atoms with Crippen molar-refractivity contribution in [2.75, 3.05) is 23.8 Å². The summed E-state index contributed by atoms with van der Waals surface area (Å²) in [6.45, 7) is 3.59. The average Bonchev–Trinajstić information content (AvgIpc) is 2.76. The number of carbonyl (C=O) groups is 2. The van der Waals surface area contributed by atoms with Crippen molar-refractivity contribution in [2.45, 2.75) is 39.7 Å². The predicted octanol–water partition coefficient (Wildman–Crippen LogP) is 1.39. The highest BCUT2D eigenvalue weighted by Gasteiger charge is 2.25. The van der Waals surface area contributed by atoms with Crippen LogP contribution >= 0.6 is 0 Å². The van der Waals surface area contributed by atoms with Gasteiger partial charge in [0.05, 0.1) is 17.2 Å². The van der Waals surface area contributed by atoms with Gasteiger partial charge in [-0.2, -0.15) is 5.26 Å². The number of amides is 1. The molecule has 1 aromatic heterocycles. The van der Waals surface area contributed by atoms with Gasteiger partial charge in [-0.25, -0.2) is 9.59 Å². The Bertz CT molecular complexity index is 1100. The molecular weight excluding hydrogens is 402 g/mol. The van der Waals surface area contributed by atoms with Gasteiger partial charge in [0, 0.05) is 13.1 Å². The Kier molecular flexibility index (Phi) is 8.14. The minimum atomic E-state index is -0.780. The summed E-state index contributed by atoms with van der Waals surface area (Å²) in [5.41, 5.74) is 5.07. The second-order valence-corrected chi connectivity index (χ2v) is 6.81. The second-order valence-electron chi connectivity index (χ2n) is 6.81. The summed E-state index contributed by atoms with van der Waals surface area (Å²) in [6.07, 6.45) is 1.91. The number of nitrogen functional groups attached to an aromatic ring is 1. The zero-order chi connectivity index (χ0) is 23.0. The van der Waals surface area contributed by atoms with Crippen LogP contribution in [0, 0.1) is 11.3 Å². The zero-order valence-corrected chi connectivity index (χ0v) is 17.5. The van der Waals surface area contributed by atoms with E-state index in [4.69, 9.17) is 15.7 Å². The summed E-state index contributed by atoms with van der Waals surface area (Å²) in [5, 5.41) is 8.82. The van der Waals surface area contributed by atoms with Gasteiger partial charge < -0.3 is 15.4 Å². The van der Waals surface area contributed by atoms with E-state index >= 15 is 0 Å². The molecule has 0 aliphatic rings. The molecule has 0 atom stereocenters. The van der Waals surface area contributed by atoms with Gasteiger partial charge in [-0.05, 0) is 37.1 Å². The Balaban J connectivity index is 2.28. The summed E-state index contributed by atoms with van der Waals surface area (Å²) in [5.74, 6) is -1.50. The number of hydrogen-bond acceptors (Lipinski definition) is 7. The number of anilines is 2. The third-order valence-electron chi connectivity index (χ3n) is 4.54. The number of rotatable bonds is 9. The first-order chi connectivity index (χ1) is 14.8. The maximum Gasteiger partial charge on any atom is 0.338 e. The second kappa shape index (κ2) is 10.8. The normalized spacial score (nSPS) is 10.4. The van der Waals surface area contributed by atoms with Crippen LogP contribution in [0.3, 0.4) is 0 Å². The first kappa shape index (κ1) is 23.4. The monoisotopic (exact) mass is 427 g/mol. The van der Waals surface area contributed by atoms with Crippen LogP contribution in [0.5, 0.6) is 0 Å². The van der Waals surface area contributed by atoms with Crippen molar-refractivity contribution in [3.63, 3.8) is 0 Å². The molecule has 0 saturated carbocycles. The molecule has 0 aliphatic heterocycles. The average molecular weight is 427 g/mol. The Hall–Kier alpha value is -3.87. The fourth-order valence-electron chi connectivity index (χ4n) is 2.93. The molecule has 1 amide bonds. The van der Waals surface area contributed by atoms with Crippen molar-refractivity contribution in [2.24, 2.45) is 0 Å². The molecule has 3 N–H and O–H groups in total. The van der Waals surface area contributed by atoms with Crippen LogP contribution in [-0.4, -0.2) is 34.6 Å². The Morgan fingerprint density at radius 3 is 2.45 bits per heavy atom. The van der Waals surface area contributed by atoms with E-state index in [0.29, 0.717) is 18.4 Å². The van der Waals surface area contributed by atoms with E-state index in [-0.39, 0.29) is 30.2 Å². The molecule has 0 fully saturated rings. The third kappa shape index (κ3) is 5.60. The molecule has 10 nitrogen and oxygen atoms in total. The van der Waals surface area contributed by atoms with E-state index in [0.717, 1.165) is 11.3 Å². The number of ether oxygens (including phenoxy) is 1. The molecule has 0 radical (unpaired) electrons. The number of nitriles is 1. The highest BCUT2D eigenvalue weighted by Crippen LogP contribution is 2.18. The van der Waals surface area contributed by atoms with E-state index in [1.807, 2.05) is 19.9 Å². The number of nitrogens with one attached hydrogen (secondary N) is 1. The smallest absolute Gasteiger partial charge is 0.338 e. The van der Waals surface area contributed by atoms with E-state index in [2.05, 4.69) is 4.98 Å². The molecule has 164 valence electrons. The fourth-order valence-corrected chi connectivity index (χ4v) is 2.93. The Morgan fingerprint density at radius 2 is 1.87 bits per heavy atom. The molecule has 0 bridgehead atoms. The van der Waals surface area contributed by atoms with Crippen LogP contribution in [-0.2, 0) is 16.1 Å². The number of carbonyl (C=O) groups excluding carboxylic acids is 2. The van der Waals surface area contributed by atoms with E-state index < -0.39 is 29.7 Å². The van der Waals surface area contributed by atoms with Gasteiger partial charge in [-0.1, -0.05) is 20.3 Å². The molecule has 0 spiro atoms. The van der Waals surface area contributed by atoms with Gasteiger partial charge in [0.25, 0.3) is 11.5 Å². The number of H-pyrrole nitrogens is 1. The number of nitrogens with two attached hydrogens (primary N) is 1. The molecule has 0 saturated heterocycles. The molecule has 1 aromatic carbocycles. The molecule has 1 heterocycles. The molecule has 2 rings (SSSR count). The first-order valence-electron chi connectivity index (χ1n) is 9.94. The standard InChI is InChI=1S/C21H25N5O5/c1-3-5-11-25(17-18(23)26(10-4-2)21(30)24-19(17)28)16(27)13-31-20(29)15-8-6-14(12-22)7-9-15/h6-9H,3-5,10-11,13,23H2,1-2H3,(H,24,28,30). The number of aromatic amines is 1. The van der Waals surface area contributed by atoms with Crippen LogP contribution in [0.1, 0.15) is 49.0 Å². The lowest BCUT2D eigenvalue weighted by Gasteiger charge is -2.24. The number of hydrogen-bond donors (Lipinski definition) is 2. The maximum atomic E-state index is 12.9. The number of nitrogens with zero attached hydrogens (tertiary/aromatic N) is 3. The summed E-state index contributed by atoms with van der Waals surface area (Å²) < 4.78 is 6.29. The summed E-state index contributed by atoms with van der Waals surface area (Å²) in [6, 6.07) is 7.71. The SMILES string of the molecule is CCCCN(C(=O)COC(=O)c1ccc(C#N)cc1)c1c(N)n(CCC)c(=O)[nH]c1=O. The lowest BCUT2D eigenvalue weighted by Crippen LogP contribution is -2.43. The van der Waals surface area contributed by atoms with Crippen molar-refractivity contribution in [3.8, 4) is 6.07 Å².